The average Bonchev–Trinajstić information content (AvgIpc) is 1.56. The van der Waals surface area contributed by atoms with E-state index in [0.29, 0.717) is 0 Å². The van der Waals surface area contributed by atoms with Gasteiger partial charge < -0.3 is 0 Å². The first-order valence-electron chi connectivity index (χ1n) is 2.39. The van der Waals surface area contributed by atoms with E-state index in [4.69, 9.17) is 0 Å². The SMILES string of the molecule is [CH2]S(=O)(=O)C(CF)C(F)(F)F. The molecular formula is C4H5F4O2S. The zero-order chi connectivity index (χ0) is 9.28. The second kappa shape index (κ2) is 2.96. The summed E-state index contributed by atoms with van der Waals surface area (Å²) in [6.45, 7) is -1.99. The van der Waals surface area contributed by atoms with Gasteiger partial charge in [0, 0.05) is 0 Å². The van der Waals surface area contributed by atoms with Crippen molar-refractivity contribution in [3.05, 3.63) is 6.26 Å². The van der Waals surface area contributed by atoms with E-state index >= 15 is 0 Å². The molecule has 0 aromatic heterocycles. The van der Waals surface area contributed by atoms with E-state index in [0.717, 1.165) is 0 Å². The van der Waals surface area contributed by atoms with Gasteiger partial charge in [0.05, 0.1) is 6.26 Å². The highest BCUT2D eigenvalue weighted by Gasteiger charge is 2.46. The first-order chi connectivity index (χ1) is 4.69. The topological polar surface area (TPSA) is 34.1 Å². The Labute approximate surface area is 61.1 Å². The number of halogens is 4. The minimum atomic E-state index is -5.07. The molecule has 0 saturated heterocycles. The molecule has 1 unspecified atom stereocenters. The van der Waals surface area contributed by atoms with E-state index in [2.05, 4.69) is 6.26 Å². The summed E-state index contributed by atoms with van der Waals surface area (Å²) in [5.41, 5.74) is 0. The molecule has 0 aliphatic heterocycles. The molecule has 7 heteroatoms. The van der Waals surface area contributed by atoms with Crippen LogP contribution in [0.15, 0.2) is 0 Å². The predicted octanol–water partition coefficient (Wildman–Crippen LogP) is 1.09. The van der Waals surface area contributed by atoms with Crippen molar-refractivity contribution in [2.45, 2.75) is 11.4 Å². The number of sulfone groups is 1. The minimum absolute atomic E-state index is 1.99. The van der Waals surface area contributed by atoms with Gasteiger partial charge in [-0.25, -0.2) is 12.8 Å². The van der Waals surface area contributed by atoms with E-state index in [9.17, 15) is 26.0 Å². The lowest BCUT2D eigenvalue weighted by Crippen LogP contribution is -2.36. The van der Waals surface area contributed by atoms with E-state index in [1.54, 1.807) is 0 Å². The summed E-state index contributed by atoms with van der Waals surface area (Å²) in [6.07, 6.45) is -2.85. The largest absolute Gasteiger partial charge is 0.408 e. The zero-order valence-electron chi connectivity index (χ0n) is 5.23. The van der Waals surface area contributed by atoms with Gasteiger partial charge in [-0.3, -0.25) is 0 Å². The molecule has 67 valence electrons. The molecule has 0 heterocycles. The van der Waals surface area contributed by atoms with E-state index in [1.807, 2.05) is 0 Å². The van der Waals surface area contributed by atoms with Gasteiger partial charge in [0.15, 0.2) is 15.1 Å². The van der Waals surface area contributed by atoms with Gasteiger partial charge in [-0.2, -0.15) is 13.2 Å². The molecule has 0 spiro atoms. The highest BCUT2D eigenvalue weighted by atomic mass is 32.2. The van der Waals surface area contributed by atoms with Crippen molar-refractivity contribution >= 4 is 9.84 Å². The second-order valence-electron chi connectivity index (χ2n) is 1.85. The van der Waals surface area contributed by atoms with Crippen LogP contribution in [0.4, 0.5) is 17.6 Å². The van der Waals surface area contributed by atoms with Crippen LogP contribution in [0.1, 0.15) is 0 Å². The highest BCUT2D eigenvalue weighted by Crippen LogP contribution is 2.26. The molecule has 0 aliphatic rings. The Bertz CT molecular complexity index is 217. The van der Waals surface area contributed by atoms with Gasteiger partial charge in [0.2, 0.25) is 0 Å². The van der Waals surface area contributed by atoms with Gasteiger partial charge in [-0.05, 0) is 0 Å². The maximum absolute atomic E-state index is 11.6. The van der Waals surface area contributed by atoms with Crippen molar-refractivity contribution < 1.29 is 26.0 Å². The van der Waals surface area contributed by atoms with E-state index in [-0.39, 0.29) is 0 Å². The van der Waals surface area contributed by atoms with Gasteiger partial charge in [0.25, 0.3) is 0 Å². The maximum atomic E-state index is 11.6. The molecule has 0 rings (SSSR count). The van der Waals surface area contributed by atoms with Crippen molar-refractivity contribution in [1.29, 1.82) is 0 Å². The van der Waals surface area contributed by atoms with Crippen LogP contribution in [0.2, 0.25) is 0 Å². The van der Waals surface area contributed by atoms with Crippen LogP contribution in [-0.4, -0.2) is 26.5 Å². The number of alkyl halides is 4. The first kappa shape index (κ1) is 10.7. The Morgan fingerprint density at radius 3 is 1.73 bits per heavy atom. The molecular weight excluding hydrogens is 188 g/mol. The van der Waals surface area contributed by atoms with Crippen molar-refractivity contribution in [3.63, 3.8) is 0 Å². The summed E-state index contributed by atoms with van der Waals surface area (Å²) in [5.74, 6) is 0. The molecule has 1 atom stereocenters. The predicted molar refractivity (Wildman–Crippen MR) is 30.1 cm³/mol. The Morgan fingerprint density at radius 2 is 1.73 bits per heavy atom. The van der Waals surface area contributed by atoms with Crippen LogP contribution in [0.25, 0.3) is 0 Å². The smallest absolute Gasteiger partial charge is 0.249 e. The standard InChI is InChI=1S/C4H5F4O2S/c1-11(9,10)3(2-5)4(6,7)8/h3H,1-2H2. The molecule has 0 amide bonds. The van der Waals surface area contributed by atoms with Crippen LogP contribution >= 0.6 is 0 Å². The molecule has 0 saturated carbocycles. The Hall–Kier alpha value is -0.330. The van der Waals surface area contributed by atoms with Gasteiger partial charge in [0.1, 0.15) is 6.67 Å². The quantitative estimate of drug-likeness (QED) is 0.615. The molecule has 0 aliphatic carbocycles. The lowest BCUT2D eigenvalue weighted by molar-refractivity contribution is -0.132. The van der Waals surface area contributed by atoms with E-state index in [1.165, 1.54) is 0 Å². The molecule has 0 aromatic rings. The summed E-state index contributed by atoms with van der Waals surface area (Å²) in [7, 11) is -4.62. The third kappa shape index (κ3) is 3.04. The Kier molecular flexibility index (Phi) is 2.87. The molecule has 0 bridgehead atoms. The maximum Gasteiger partial charge on any atom is 0.408 e. The lowest BCUT2D eigenvalue weighted by atomic mass is 10.4. The number of rotatable bonds is 2. The number of hydrogen-bond acceptors (Lipinski definition) is 2. The summed E-state index contributed by atoms with van der Waals surface area (Å²) in [4.78, 5) is 0. The fraction of sp³-hybridized carbons (Fsp3) is 0.750. The summed E-state index contributed by atoms with van der Waals surface area (Å²) in [5, 5.41) is -2.99. The average molecular weight is 193 g/mol. The second-order valence-corrected chi connectivity index (χ2v) is 3.74. The monoisotopic (exact) mass is 193 g/mol. The zero-order valence-corrected chi connectivity index (χ0v) is 6.04. The van der Waals surface area contributed by atoms with Crippen molar-refractivity contribution in [1.82, 2.24) is 0 Å². The first-order valence-corrected chi connectivity index (χ1v) is 4.10. The molecule has 0 N–H and O–H groups in total. The van der Waals surface area contributed by atoms with Crippen LogP contribution in [-0.2, 0) is 9.84 Å². The van der Waals surface area contributed by atoms with Crippen molar-refractivity contribution in [2.75, 3.05) is 6.67 Å². The van der Waals surface area contributed by atoms with E-state index < -0.39 is 27.9 Å². The molecule has 0 fully saturated rings. The van der Waals surface area contributed by atoms with Gasteiger partial charge in [-0.15, -0.1) is 0 Å². The molecule has 1 radical (unpaired) electrons. The van der Waals surface area contributed by atoms with Crippen LogP contribution < -0.4 is 0 Å². The third-order valence-corrected chi connectivity index (χ3v) is 2.20. The normalized spacial score (nSPS) is 16.5. The molecule has 2 nitrogen and oxygen atoms in total. The fourth-order valence-electron chi connectivity index (χ4n) is 0.387. The Balaban J connectivity index is 4.72. The van der Waals surface area contributed by atoms with Crippen LogP contribution in [0.5, 0.6) is 0 Å². The fourth-order valence-corrected chi connectivity index (χ4v) is 0.986. The minimum Gasteiger partial charge on any atom is -0.249 e. The van der Waals surface area contributed by atoms with Crippen LogP contribution in [0.3, 0.4) is 0 Å². The summed E-state index contributed by atoms with van der Waals surface area (Å²) < 4.78 is 66.5. The lowest BCUT2D eigenvalue weighted by Gasteiger charge is -2.13. The van der Waals surface area contributed by atoms with Crippen molar-refractivity contribution in [2.24, 2.45) is 0 Å². The number of hydrogen-bond donors (Lipinski definition) is 0. The van der Waals surface area contributed by atoms with Gasteiger partial charge >= 0.3 is 6.18 Å². The van der Waals surface area contributed by atoms with Gasteiger partial charge in [-0.1, -0.05) is 0 Å². The van der Waals surface area contributed by atoms with Crippen molar-refractivity contribution in [3.8, 4) is 0 Å². The highest BCUT2D eigenvalue weighted by molar-refractivity contribution is 7.93. The van der Waals surface area contributed by atoms with Crippen LogP contribution in [0, 0.1) is 6.26 Å². The summed E-state index contributed by atoms with van der Waals surface area (Å²) >= 11 is 0. The third-order valence-electron chi connectivity index (χ3n) is 0.939. The summed E-state index contributed by atoms with van der Waals surface area (Å²) in [6, 6.07) is 0. The molecule has 0 aromatic carbocycles. The Morgan fingerprint density at radius 1 is 1.36 bits per heavy atom. The molecule has 11 heavy (non-hydrogen) atoms.